The van der Waals surface area contributed by atoms with E-state index in [-0.39, 0.29) is 18.5 Å². The van der Waals surface area contributed by atoms with Gasteiger partial charge < -0.3 is 15.7 Å². The van der Waals surface area contributed by atoms with Crippen molar-refractivity contribution >= 4 is 11.7 Å². The fourth-order valence-electron chi connectivity index (χ4n) is 2.55. The Labute approximate surface area is 136 Å². The molecule has 2 amide bonds. The number of amides is 2. The number of carbonyl (C=O) groups excluding carboxylic acids is 1. The second kappa shape index (κ2) is 8.33. The van der Waals surface area contributed by atoms with Crippen LogP contribution < -0.4 is 10.6 Å². The number of aliphatic hydroxyl groups excluding tert-OH is 1. The van der Waals surface area contributed by atoms with Gasteiger partial charge in [-0.05, 0) is 24.1 Å². The van der Waals surface area contributed by atoms with Crippen molar-refractivity contribution in [1.29, 1.82) is 0 Å². The number of carbonyl (C=O) groups is 1. The van der Waals surface area contributed by atoms with Gasteiger partial charge in [-0.25, -0.2) is 9.48 Å². The van der Waals surface area contributed by atoms with E-state index in [1.54, 1.807) is 10.9 Å². The molecule has 0 aliphatic rings. The molecule has 0 saturated heterocycles. The summed E-state index contributed by atoms with van der Waals surface area (Å²) < 4.78 is 1.69. The van der Waals surface area contributed by atoms with Crippen molar-refractivity contribution in [2.24, 2.45) is 5.92 Å². The van der Waals surface area contributed by atoms with Crippen molar-refractivity contribution in [2.45, 2.75) is 32.8 Å². The first-order chi connectivity index (χ1) is 11.2. The number of nitrogens with zero attached hydrogens (tertiary/aromatic N) is 2. The molecule has 23 heavy (non-hydrogen) atoms. The largest absolute Gasteiger partial charge is 0.391 e. The molecular weight excluding hydrogens is 292 g/mol. The zero-order chi connectivity index (χ0) is 16.7. The van der Waals surface area contributed by atoms with Gasteiger partial charge in [0.1, 0.15) is 0 Å². The van der Waals surface area contributed by atoms with Gasteiger partial charge in [-0.15, -0.1) is 0 Å². The maximum absolute atomic E-state index is 12.1. The van der Waals surface area contributed by atoms with Crippen LogP contribution in [-0.2, 0) is 0 Å². The predicted molar refractivity (Wildman–Crippen MR) is 90.7 cm³/mol. The number of para-hydroxylation sites is 2. The van der Waals surface area contributed by atoms with Crippen LogP contribution in [0.2, 0.25) is 0 Å². The zero-order valence-electron chi connectivity index (χ0n) is 13.6. The molecule has 124 valence electrons. The van der Waals surface area contributed by atoms with E-state index >= 15 is 0 Å². The molecule has 1 heterocycles. The Morgan fingerprint density at radius 1 is 1.26 bits per heavy atom. The third kappa shape index (κ3) is 4.56. The van der Waals surface area contributed by atoms with Gasteiger partial charge in [0.2, 0.25) is 0 Å². The Bertz CT molecular complexity index is 609. The minimum Gasteiger partial charge on any atom is -0.391 e. The minimum atomic E-state index is -0.530. The summed E-state index contributed by atoms with van der Waals surface area (Å²) in [5.41, 5.74) is 1.44. The van der Waals surface area contributed by atoms with E-state index in [1.807, 2.05) is 50.4 Å². The molecule has 1 unspecified atom stereocenters. The lowest BCUT2D eigenvalue weighted by molar-refractivity contribution is 0.104. The van der Waals surface area contributed by atoms with Gasteiger partial charge >= 0.3 is 6.03 Å². The van der Waals surface area contributed by atoms with E-state index in [4.69, 9.17) is 0 Å². The highest BCUT2D eigenvalue weighted by molar-refractivity contribution is 5.91. The monoisotopic (exact) mass is 316 g/mol. The number of nitrogens with one attached hydrogen (secondary N) is 2. The molecule has 0 saturated carbocycles. The number of aliphatic hydroxyl groups is 1. The lowest BCUT2D eigenvalue weighted by atomic mass is 9.97. The number of benzene rings is 1. The normalized spacial score (nSPS) is 12.2. The second-order valence-electron chi connectivity index (χ2n) is 5.45. The van der Waals surface area contributed by atoms with Gasteiger partial charge in [0.05, 0.1) is 17.5 Å². The van der Waals surface area contributed by atoms with E-state index in [1.165, 1.54) is 0 Å². The van der Waals surface area contributed by atoms with Crippen LogP contribution in [0.3, 0.4) is 0 Å². The summed E-state index contributed by atoms with van der Waals surface area (Å²) in [5, 5.41) is 19.8. The topological polar surface area (TPSA) is 79.2 Å². The molecule has 0 bridgehead atoms. The molecule has 1 aromatic heterocycles. The first-order valence-corrected chi connectivity index (χ1v) is 7.97. The lowest BCUT2D eigenvalue weighted by Gasteiger charge is -2.20. The fraction of sp³-hybridized carbons (Fsp3) is 0.412. The zero-order valence-corrected chi connectivity index (χ0v) is 13.6. The van der Waals surface area contributed by atoms with Crippen molar-refractivity contribution in [2.75, 3.05) is 11.9 Å². The minimum absolute atomic E-state index is 0.201. The summed E-state index contributed by atoms with van der Waals surface area (Å²) in [6.45, 7) is 4.32. The van der Waals surface area contributed by atoms with Crippen molar-refractivity contribution in [1.82, 2.24) is 15.1 Å². The molecule has 2 aromatic rings. The van der Waals surface area contributed by atoms with Crippen molar-refractivity contribution in [3.8, 4) is 5.69 Å². The molecular formula is C17H24N4O2. The molecule has 0 spiro atoms. The van der Waals surface area contributed by atoms with Gasteiger partial charge in [-0.3, -0.25) is 0 Å². The van der Waals surface area contributed by atoms with E-state index in [9.17, 15) is 9.90 Å². The molecule has 0 fully saturated rings. The molecule has 0 aliphatic carbocycles. The van der Waals surface area contributed by atoms with Gasteiger partial charge in [0.15, 0.2) is 0 Å². The maximum Gasteiger partial charge on any atom is 0.319 e. The van der Waals surface area contributed by atoms with Gasteiger partial charge in [-0.2, -0.15) is 5.10 Å². The highest BCUT2D eigenvalue weighted by Crippen LogP contribution is 2.18. The van der Waals surface area contributed by atoms with E-state index in [0.29, 0.717) is 5.69 Å². The lowest BCUT2D eigenvalue weighted by Crippen LogP contribution is -2.38. The number of aromatic nitrogens is 2. The van der Waals surface area contributed by atoms with Crippen molar-refractivity contribution in [3.63, 3.8) is 0 Å². The van der Waals surface area contributed by atoms with Crippen molar-refractivity contribution in [3.05, 3.63) is 42.7 Å². The van der Waals surface area contributed by atoms with Crippen LogP contribution in [0.25, 0.3) is 5.69 Å². The summed E-state index contributed by atoms with van der Waals surface area (Å²) in [6.07, 6.45) is 4.75. The number of urea groups is 1. The average Bonchev–Trinajstić information content (AvgIpc) is 3.09. The first-order valence-electron chi connectivity index (χ1n) is 7.97. The smallest absolute Gasteiger partial charge is 0.319 e. The van der Waals surface area contributed by atoms with E-state index in [0.717, 1.165) is 18.5 Å². The Hall–Kier alpha value is -2.34. The number of hydrogen-bond donors (Lipinski definition) is 3. The van der Waals surface area contributed by atoms with E-state index in [2.05, 4.69) is 15.7 Å². The number of anilines is 1. The summed E-state index contributed by atoms with van der Waals surface area (Å²) in [4.78, 5) is 12.1. The van der Waals surface area contributed by atoms with Crippen LogP contribution in [0.4, 0.5) is 10.5 Å². The summed E-state index contributed by atoms with van der Waals surface area (Å²) in [6, 6.07) is 8.91. The molecule has 1 atom stereocenters. The van der Waals surface area contributed by atoms with Crippen LogP contribution in [0.5, 0.6) is 0 Å². The van der Waals surface area contributed by atoms with Crippen LogP contribution in [0.1, 0.15) is 26.7 Å². The Kier molecular flexibility index (Phi) is 6.17. The second-order valence-corrected chi connectivity index (χ2v) is 5.45. The molecule has 3 N–H and O–H groups in total. The Morgan fingerprint density at radius 2 is 2.00 bits per heavy atom. The summed E-state index contributed by atoms with van der Waals surface area (Å²) in [5.74, 6) is 0.201. The molecule has 6 nitrogen and oxygen atoms in total. The summed E-state index contributed by atoms with van der Waals surface area (Å²) in [7, 11) is 0. The van der Waals surface area contributed by atoms with Crippen molar-refractivity contribution < 1.29 is 9.90 Å². The van der Waals surface area contributed by atoms with Gasteiger partial charge in [0.25, 0.3) is 0 Å². The fourth-order valence-corrected chi connectivity index (χ4v) is 2.55. The standard InChI is InChI=1S/C17H24N4O2/c1-3-13(4-2)16(22)12-18-17(23)20-14-8-5-6-9-15(14)21-11-7-10-19-21/h5-11,13,16,22H,3-4,12H2,1-2H3,(H2,18,20,23). The van der Waals surface area contributed by atoms with Crippen LogP contribution in [0.15, 0.2) is 42.7 Å². The highest BCUT2D eigenvalue weighted by Gasteiger charge is 2.16. The van der Waals surface area contributed by atoms with E-state index < -0.39 is 6.10 Å². The summed E-state index contributed by atoms with van der Waals surface area (Å²) >= 11 is 0. The Balaban J connectivity index is 1.96. The number of hydrogen-bond acceptors (Lipinski definition) is 3. The number of rotatable bonds is 7. The van der Waals surface area contributed by atoms with Crippen LogP contribution in [-0.4, -0.2) is 33.6 Å². The van der Waals surface area contributed by atoms with Crippen LogP contribution >= 0.6 is 0 Å². The molecule has 6 heteroatoms. The third-order valence-corrected chi connectivity index (χ3v) is 3.97. The van der Waals surface area contributed by atoms with Crippen LogP contribution in [0, 0.1) is 5.92 Å². The third-order valence-electron chi connectivity index (χ3n) is 3.97. The average molecular weight is 316 g/mol. The predicted octanol–water partition coefficient (Wildman–Crippen LogP) is 2.79. The molecule has 0 aliphatic heterocycles. The SMILES string of the molecule is CCC(CC)C(O)CNC(=O)Nc1ccccc1-n1cccn1. The molecule has 0 radical (unpaired) electrons. The van der Waals surface area contributed by atoms with Gasteiger partial charge in [-0.1, -0.05) is 38.8 Å². The van der Waals surface area contributed by atoms with Gasteiger partial charge in [0, 0.05) is 18.9 Å². The molecule has 2 rings (SSSR count). The highest BCUT2D eigenvalue weighted by atomic mass is 16.3. The Morgan fingerprint density at radius 3 is 2.65 bits per heavy atom. The quantitative estimate of drug-likeness (QED) is 0.735. The molecule has 1 aromatic carbocycles. The maximum atomic E-state index is 12.1. The first kappa shape index (κ1) is 17.0.